The lowest BCUT2D eigenvalue weighted by molar-refractivity contribution is -0.921. The number of rotatable bonds is 3. The van der Waals surface area contributed by atoms with Crippen molar-refractivity contribution in [1.82, 2.24) is 0 Å². The van der Waals surface area contributed by atoms with Crippen molar-refractivity contribution >= 4 is 0 Å². The number of ether oxygens (including phenoxy) is 2. The molecule has 2 saturated heterocycles. The first-order valence-corrected chi connectivity index (χ1v) is 8.84. The van der Waals surface area contributed by atoms with E-state index in [1.807, 2.05) is 12.1 Å². The molecule has 2 fully saturated rings. The van der Waals surface area contributed by atoms with E-state index in [9.17, 15) is 0 Å². The van der Waals surface area contributed by atoms with Crippen molar-refractivity contribution in [1.29, 1.82) is 0 Å². The first-order chi connectivity index (χ1) is 11.5. The summed E-state index contributed by atoms with van der Waals surface area (Å²) >= 11 is 0. The Kier molecular flexibility index (Phi) is 3.75. The maximum Gasteiger partial charge on any atom is 0.223 e. The molecule has 3 atom stereocenters. The SMILES string of the molecule is CC(C)[N+]1(C)C[C@@H]2OC(c3ccccc3)(c3ccccc3)O[C@@H]2C1. The lowest BCUT2D eigenvalue weighted by Crippen LogP contribution is -2.50. The molecular formula is C21H26NO2+. The molecule has 0 saturated carbocycles. The molecule has 0 amide bonds. The first kappa shape index (κ1) is 15.8. The topological polar surface area (TPSA) is 18.5 Å². The van der Waals surface area contributed by atoms with Gasteiger partial charge < -0.3 is 14.0 Å². The number of fused-ring (bicyclic) bond motifs is 1. The van der Waals surface area contributed by atoms with Crippen molar-refractivity contribution in [2.75, 3.05) is 20.1 Å². The molecule has 2 aromatic rings. The van der Waals surface area contributed by atoms with Crippen molar-refractivity contribution in [3.8, 4) is 0 Å². The highest BCUT2D eigenvalue weighted by Crippen LogP contribution is 2.46. The van der Waals surface area contributed by atoms with Gasteiger partial charge in [0.25, 0.3) is 0 Å². The Balaban J connectivity index is 1.72. The van der Waals surface area contributed by atoms with Crippen molar-refractivity contribution in [3.05, 3.63) is 71.8 Å². The van der Waals surface area contributed by atoms with Gasteiger partial charge in [0, 0.05) is 11.1 Å². The highest BCUT2D eigenvalue weighted by Gasteiger charge is 2.58. The van der Waals surface area contributed by atoms with Crippen LogP contribution in [-0.2, 0) is 15.3 Å². The van der Waals surface area contributed by atoms with Crippen LogP contribution in [0.2, 0.25) is 0 Å². The monoisotopic (exact) mass is 324 g/mol. The van der Waals surface area contributed by atoms with Gasteiger partial charge in [-0.2, -0.15) is 0 Å². The number of hydrogen-bond donors (Lipinski definition) is 0. The summed E-state index contributed by atoms with van der Waals surface area (Å²) in [6.07, 6.45) is 0.274. The van der Waals surface area contributed by atoms with E-state index in [1.54, 1.807) is 0 Å². The predicted molar refractivity (Wildman–Crippen MR) is 94.5 cm³/mol. The molecule has 0 N–H and O–H groups in total. The average molecular weight is 324 g/mol. The number of benzene rings is 2. The Morgan fingerprint density at radius 1 is 0.833 bits per heavy atom. The van der Waals surface area contributed by atoms with Crippen molar-refractivity contribution in [3.63, 3.8) is 0 Å². The summed E-state index contributed by atoms with van der Waals surface area (Å²) < 4.78 is 14.3. The number of likely N-dealkylation sites (tertiary alicyclic amines) is 1. The average Bonchev–Trinajstić information content (AvgIpc) is 3.10. The molecule has 1 unspecified atom stereocenters. The van der Waals surface area contributed by atoms with E-state index in [0.29, 0.717) is 6.04 Å². The van der Waals surface area contributed by atoms with Crippen LogP contribution in [0.1, 0.15) is 25.0 Å². The van der Waals surface area contributed by atoms with Gasteiger partial charge in [0.1, 0.15) is 25.3 Å². The smallest absolute Gasteiger partial charge is 0.223 e. The Bertz CT molecular complexity index is 643. The molecule has 0 radical (unpaired) electrons. The number of likely N-dealkylation sites (N-methyl/N-ethyl adjacent to an activating group) is 1. The standard InChI is InChI=1S/C21H26NO2/c1-16(2)22(3)14-19-20(15-22)24-21(23-19,17-10-6-4-7-11-17)18-12-8-5-9-13-18/h4-13,16,19-20H,14-15H2,1-3H3/q+1/t19-,20+,22?. The van der Waals surface area contributed by atoms with Crippen LogP contribution < -0.4 is 0 Å². The summed E-state index contributed by atoms with van der Waals surface area (Å²) in [6.45, 7) is 6.57. The second-order valence-electron chi connectivity index (χ2n) is 7.60. The van der Waals surface area contributed by atoms with Gasteiger partial charge in [0.15, 0.2) is 0 Å². The Hall–Kier alpha value is -1.68. The predicted octanol–water partition coefficient (Wildman–Crippen LogP) is 3.54. The zero-order valence-electron chi connectivity index (χ0n) is 14.7. The molecule has 3 nitrogen and oxygen atoms in total. The van der Waals surface area contributed by atoms with E-state index in [4.69, 9.17) is 9.47 Å². The van der Waals surface area contributed by atoms with Gasteiger partial charge >= 0.3 is 0 Å². The normalized spacial score (nSPS) is 31.3. The molecule has 0 bridgehead atoms. The first-order valence-electron chi connectivity index (χ1n) is 8.84. The minimum Gasteiger partial charge on any atom is -0.330 e. The molecule has 0 aromatic heterocycles. The lowest BCUT2D eigenvalue weighted by Gasteiger charge is -2.37. The Morgan fingerprint density at radius 3 is 1.62 bits per heavy atom. The minimum atomic E-state index is -0.778. The summed E-state index contributed by atoms with van der Waals surface area (Å²) in [5.41, 5.74) is 2.15. The summed E-state index contributed by atoms with van der Waals surface area (Å²) in [5, 5.41) is 0. The van der Waals surface area contributed by atoms with Crippen molar-refractivity contribution < 1.29 is 14.0 Å². The quantitative estimate of drug-likeness (QED) is 0.804. The molecule has 2 aromatic carbocycles. The lowest BCUT2D eigenvalue weighted by atomic mass is 9.97. The van der Waals surface area contributed by atoms with E-state index < -0.39 is 5.79 Å². The molecule has 4 rings (SSSR count). The molecule has 0 aliphatic carbocycles. The van der Waals surface area contributed by atoms with E-state index >= 15 is 0 Å². The Labute approximate surface area is 144 Å². The third-order valence-electron chi connectivity index (χ3n) is 5.80. The zero-order chi connectivity index (χ0) is 16.8. The van der Waals surface area contributed by atoms with Gasteiger partial charge in [-0.25, -0.2) is 0 Å². The van der Waals surface area contributed by atoms with Crippen LogP contribution in [0.25, 0.3) is 0 Å². The van der Waals surface area contributed by atoms with Gasteiger partial charge in [0.2, 0.25) is 5.79 Å². The van der Waals surface area contributed by atoms with Gasteiger partial charge in [0.05, 0.1) is 13.1 Å². The molecule has 2 heterocycles. The molecule has 2 aliphatic heterocycles. The second-order valence-corrected chi connectivity index (χ2v) is 7.60. The van der Waals surface area contributed by atoms with Gasteiger partial charge in [-0.05, 0) is 13.8 Å². The zero-order valence-corrected chi connectivity index (χ0v) is 14.7. The van der Waals surface area contributed by atoms with Crippen LogP contribution in [0.5, 0.6) is 0 Å². The van der Waals surface area contributed by atoms with Crippen LogP contribution >= 0.6 is 0 Å². The van der Waals surface area contributed by atoms with Crippen molar-refractivity contribution in [2.24, 2.45) is 0 Å². The van der Waals surface area contributed by atoms with E-state index in [1.165, 1.54) is 0 Å². The number of quaternary nitrogens is 1. The highest BCUT2D eigenvalue weighted by atomic mass is 16.8. The van der Waals surface area contributed by atoms with Crippen LogP contribution in [0.4, 0.5) is 0 Å². The fraction of sp³-hybridized carbons (Fsp3) is 0.429. The molecule has 3 heteroatoms. The van der Waals surface area contributed by atoms with Crippen LogP contribution in [0, 0.1) is 0 Å². The maximum absolute atomic E-state index is 6.65. The molecular weight excluding hydrogens is 298 g/mol. The van der Waals surface area contributed by atoms with E-state index in [2.05, 4.69) is 69.4 Å². The van der Waals surface area contributed by atoms with E-state index in [0.717, 1.165) is 28.7 Å². The fourth-order valence-corrected chi connectivity index (χ4v) is 3.99. The fourth-order valence-electron chi connectivity index (χ4n) is 3.99. The molecule has 24 heavy (non-hydrogen) atoms. The van der Waals surface area contributed by atoms with Crippen LogP contribution in [-0.4, -0.2) is 42.9 Å². The summed E-state index contributed by atoms with van der Waals surface area (Å²) in [7, 11) is 2.31. The van der Waals surface area contributed by atoms with Crippen LogP contribution in [0.3, 0.4) is 0 Å². The molecule has 2 aliphatic rings. The summed E-state index contributed by atoms with van der Waals surface area (Å²) in [5.74, 6) is -0.778. The van der Waals surface area contributed by atoms with Gasteiger partial charge in [-0.1, -0.05) is 60.7 Å². The third kappa shape index (κ3) is 2.39. The third-order valence-corrected chi connectivity index (χ3v) is 5.80. The maximum atomic E-state index is 6.65. The van der Waals surface area contributed by atoms with Crippen LogP contribution in [0.15, 0.2) is 60.7 Å². The van der Waals surface area contributed by atoms with Gasteiger partial charge in [-0.15, -0.1) is 0 Å². The molecule has 0 spiro atoms. The number of nitrogens with zero attached hydrogens (tertiary/aromatic N) is 1. The second kappa shape index (κ2) is 5.69. The minimum absolute atomic E-state index is 0.137. The summed E-state index contributed by atoms with van der Waals surface area (Å²) in [6, 6.07) is 21.2. The van der Waals surface area contributed by atoms with Crippen molar-refractivity contribution in [2.45, 2.75) is 37.9 Å². The largest absolute Gasteiger partial charge is 0.330 e. The number of hydrogen-bond acceptors (Lipinski definition) is 2. The summed E-state index contributed by atoms with van der Waals surface area (Å²) in [4.78, 5) is 0. The molecule has 126 valence electrons. The van der Waals surface area contributed by atoms with Gasteiger partial charge in [-0.3, -0.25) is 0 Å². The van der Waals surface area contributed by atoms with E-state index in [-0.39, 0.29) is 12.2 Å². The highest BCUT2D eigenvalue weighted by molar-refractivity contribution is 5.35. The Morgan fingerprint density at radius 2 is 1.25 bits per heavy atom.